The molecule has 0 saturated heterocycles. The molecular weight excluding hydrogens is 286 g/mol. The first kappa shape index (κ1) is 15.9. The molecule has 1 aliphatic carbocycles. The molecular formula is C17H20ClNO2. The van der Waals surface area contributed by atoms with Crippen molar-refractivity contribution >= 4 is 17.6 Å². The zero-order valence-corrected chi connectivity index (χ0v) is 13.1. The highest BCUT2D eigenvalue weighted by atomic mass is 35.5. The van der Waals surface area contributed by atoms with Gasteiger partial charge in [0.05, 0.1) is 23.7 Å². The second-order valence-corrected chi connectivity index (χ2v) is 5.99. The predicted molar refractivity (Wildman–Crippen MR) is 82.2 cm³/mol. The van der Waals surface area contributed by atoms with Crippen molar-refractivity contribution in [2.24, 2.45) is 0 Å². The van der Waals surface area contributed by atoms with Gasteiger partial charge in [0, 0.05) is 5.02 Å². The molecule has 0 heterocycles. The summed E-state index contributed by atoms with van der Waals surface area (Å²) in [4.78, 5) is 12.6. The molecule has 0 unspecified atom stereocenters. The molecule has 4 heteroatoms. The minimum absolute atomic E-state index is 0.189. The summed E-state index contributed by atoms with van der Waals surface area (Å²) in [7, 11) is 0. The highest BCUT2D eigenvalue weighted by Gasteiger charge is 2.45. The van der Waals surface area contributed by atoms with E-state index in [9.17, 15) is 4.79 Å². The molecule has 3 nitrogen and oxygen atoms in total. The first-order chi connectivity index (χ1) is 10.1. The molecule has 0 atom stereocenters. The average molecular weight is 306 g/mol. The fourth-order valence-electron chi connectivity index (χ4n) is 2.97. The number of ether oxygens (including phenoxy) is 1. The Kier molecular flexibility index (Phi) is 5.25. The highest BCUT2D eigenvalue weighted by Crippen LogP contribution is 2.45. The van der Waals surface area contributed by atoms with Crippen LogP contribution >= 0.6 is 11.6 Å². The van der Waals surface area contributed by atoms with Crippen LogP contribution in [-0.2, 0) is 14.9 Å². The molecule has 1 saturated carbocycles. The van der Waals surface area contributed by atoms with Gasteiger partial charge in [-0.05, 0) is 43.0 Å². The topological polar surface area (TPSA) is 50.1 Å². The third-order valence-electron chi connectivity index (χ3n) is 4.19. The van der Waals surface area contributed by atoms with Gasteiger partial charge in [0.15, 0.2) is 0 Å². The summed E-state index contributed by atoms with van der Waals surface area (Å²) in [6, 6.07) is 7.24. The number of hydrogen-bond donors (Lipinski definition) is 0. The van der Waals surface area contributed by atoms with E-state index in [2.05, 4.69) is 13.0 Å². The third kappa shape index (κ3) is 3.22. The smallest absolute Gasteiger partial charge is 0.316 e. The van der Waals surface area contributed by atoms with Gasteiger partial charge >= 0.3 is 5.97 Å². The number of nitriles is 1. The van der Waals surface area contributed by atoms with Crippen LogP contribution < -0.4 is 0 Å². The Hall–Kier alpha value is -1.53. The van der Waals surface area contributed by atoms with E-state index in [1.807, 2.05) is 0 Å². The van der Waals surface area contributed by atoms with Crippen molar-refractivity contribution in [2.45, 2.75) is 50.9 Å². The van der Waals surface area contributed by atoms with Crippen molar-refractivity contribution in [1.82, 2.24) is 0 Å². The van der Waals surface area contributed by atoms with E-state index in [0.29, 0.717) is 17.2 Å². The van der Waals surface area contributed by atoms with Crippen LogP contribution in [0.25, 0.3) is 0 Å². The lowest BCUT2D eigenvalue weighted by Gasteiger charge is -2.28. The summed E-state index contributed by atoms with van der Waals surface area (Å²) in [5.41, 5.74) is 0.613. The van der Waals surface area contributed by atoms with Gasteiger partial charge in [-0.1, -0.05) is 37.8 Å². The van der Waals surface area contributed by atoms with E-state index >= 15 is 0 Å². The van der Waals surface area contributed by atoms with E-state index in [1.165, 1.54) is 0 Å². The maximum Gasteiger partial charge on any atom is 0.316 e. The van der Waals surface area contributed by atoms with Gasteiger partial charge in [-0.25, -0.2) is 0 Å². The maximum absolute atomic E-state index is 12.6. The zero-order valence-electron chi connectivity index (χ0n) is 12.3. The van der Waals surface area contributed by atoms with E-state index in [1.54, 1.807) is 18.2 Å². The number of carbonyl (C=O) groups excluding carboxylic acids is 1. The minimum atomic E-state index is -0.669. The number of hydrogen-bond acceptors (Lipinski definition) is 3. The van der Waals surface area contributed by atoms with Gasteiger partial charge in [0.1, 0.15) is 0 Å². The Bertz CT molecular complexity index is 556. The van der Waals surface area contributed by atoms with Crippen LogP contribution in [0.1, 0.15) is 56.6 Å². The lowest BCUT2D eigenvalue weighted by Crippen LogP contribution is -2.35. The van der Waals surface area contributed by atoms with Crippen molar-refractivity contribution in [3.05, 3.63) is 34.3 Å². The molecule has 2 rings (SSSR count). The Labute approximate surface area is 130 Å². The molecule has 0 bridgehead atoms. The molecule has 0 spiro atoms. The number of halogens is 1. The normalized spacial score (nSPS) is 16.4. The van der Waals surface area contributed by atoms with Gasteiger partial charge < -0.3 is 4.74 Å². The number of rotatable bonds is 5. The predicted octanol–water partition coefficient (Wildman–Crippen LogP) is 4.37. The monoisotopic (exact) mass is 305 g/mol. The summed E-state index contributed by atoms with van der Waals surface area (Å²) in [5.74, 6) is -0.189. The molecule has 0 aliphatic heterocycles. The molecule has 1 fully saturated rings. The molecule has 0 radical (unpaired) electrons. The molecule has 0 amide bonds. The molecule has 0 N–H and O–H groups in total. The minimum Gasteiger partial charge on any atom is -0.465 e. The Morgan fingerprint density at radius 1 is 1.43 bits per heavy atom. The van der Waals surface area contributed by atoms with Crippen molar-refractivity contribution in [2.75, 3.05) is 6.61 Å². The molecule has 1 aromatic rings. The van der Waals surface area contributed by atoms with E-state index in [-0.39, 0.29) is 5.97 Å². The average Bonchev–Trinajstić information content (AvgIpc) is 2.98. The quantitative estimate of drug-likeness (QED) is 0.599. The molecule has 0 aromatic heterocycles. The third-order valence-corrected chi connectivity index (χ3v) is 4.52. The first-order valence-corrected chi connectivity index (χ1v) is 7.89. The van der Waals surface area contributed by atoms with Crippen LogP contribution in [0, 0.1) is 11.3 Å². The summed E-state index contributed by atoms with van der Waals surface area (Å²) in [5, 5.41) is 9.63. The maximum atomic E-state index is 12.6. The molecule has 21 heavy (non-hydrogen) atoms. The number of carbonyl (C=O) groups is 1. The van der Waals surface area contributed by atoms with Gasteiger partial charge in [-0.3, -0.25) is 4.79 Å². The first-order valence-electron chi connectivity index (χ1n) is 7.51. The van der Waals surface area contributed by atoms with E-state index < -0.39 is 5.41 Å². The summed E-state index contributed by atoms with van der Waals surface area (Å²) >= 11 is 6.31. The molecule has 1 aromatic carbocycles. The lowest BCUT2D eigenvalue weighted by atomic mass is 9.78. The van der Waals surface area contributed by atoms with Crippen LogP contribution in [0.2, 0.25) is 5.02 Å². The molecule has 112 valence electrons. The Morgan fingerprint density at radius 3 is 2.76 bits per heavy atom. The number of benzene rings is 1. The number of esters is 1. The second-order valence-electron chi connectivity index (χ2n) is 5.59. The van der Waals surface area contributed by atoms with Crippen LogP contribution in [0.15, 0.2) is 18.2 Å². The summed E-state index contributed by atoms with van der Waals surface area (Å²) in [6.45, 7) is 2.51. The van der Waals surface area contributed by atoms with Crippen molar-refractivity contribution in [1.29, 1.82) is 5.26 Å². The second kappa shape index (κ2) is 6.95. The lowest BCUT2D eigenvalue weighted by molar-refractivity contribution is -0.150. The largest absolute Gasteiger partial charge is 0.465 e. The number of unbranched alkanes of at least 4 members (excludes halogenated alkanes) is 1. The summed E-state index contributed by atoms with van der Waals surface area (Å²) < 4.78 is 5.47. The number of nitrogens with zero attached hydrogens (tertiary/aromatic N) is 1. The summed E-state index contributed by atoms with van der Waals surface area (Å²) in [6.07, 6.45) is 5.31. The van der Waals surface area contributed by atoms with Crippen LogP contribution in [-0.4, -0.2) is 12.6 Å². The zero-order chi connectivity index (χ0) is 15.3. The SMILES string of the molecule is CCCCOC(=O)C1(c2cc(C#N)ccc2Cl)CCCC1. The van der Waals surface area contributed by atoms with Crippen LogP contribution in [0.5, 0.6) is 0 Å². The van der Waals surface area contributed by atoms with Crippen LogP contribution in [0.3, 0.4) is 0 Å². The van der Waals surface area contributed by atoms with Crippen LogP contribution in [0.4, 0.5) is 0 Å². The van der Waals surface area contributed by atoms with Crippen molar-refractivity contribution in [3.8, 4) is 6.07 Å². The molecule has 1 aliphatic rings. The fraction of sp³-hybridized carbons (Fsp3) is 0.529. The van der Waals surface area contributed by atoms with Crippen molar-refractivity contribution < 1.29 is 9.53 Å². The van der Waals surface area contributed by atoms with Gasteiger partial charge in [-0.2, -0.15) is 5.26 Å². The van der Waals surface area contributed by atoms with Gasteiger partial charge in [0.25, 0.3) is 0 Å². The highest BCUT2D eigenvalue weighted by molar-refractivity contribution is 6.31. The van der Waals surface area contributed by atoms with Crippen molar-refractivity contribution in [3.63, 3.8) is 0 Å². The standard InChI is InChI=1S/C17H20ClNO2/c1-2-3-10-21-16(20)17(8-4-5-9-17)14-11-13(12-19)6-7-15(14)18/h6-7,11H,2-5,8-10H2,1H3. The Morgan fingerprint density at radius 2 is 2.14 bits per heavy atom. The Balaban J connectivity index is 2.34. The van der Waals surface area contributed by atoms with Gasteiger partial charge in [0.2, 0.25) is 0 Å². The van der Waals surface area contributed by atoms with E-state index in [4.69, 9.17) is 21.6 Å². The van der Waals surface area contributed by atoms with E-state index in [0.717, 1.165) is 44.1 Å². The fourth-order valence-corrected chi connectivity index (χ4v) is 3.27. The van der Waals surface area contributed by atoms with Gasteiger partial charge in [-0.15, -0.1) is 0 Å².